The third-order valence-corrected chi connectivity index (χ3v) is 5.88. The van der Waals surface area contributed by atoms with Crippen LogP contribution in [0.15, 0.2) is 54.9 Å². The molecule has 0 amide bonds. The lowest BCUT2D eigenvalue weighted by Crippen LogP contribution is -2.45. The van der Waals surface area contributed by atoms with E-state index in [2.05, 4.69) is 21.8 Å². The molecule has 2 aromatic heterocycles. The molecule has 1 aliphatic heterocycles. The third-order valence-electron chi connectivity index (χ3n) is 5.88. The molecule has 0 unspecified atom stereocenters. The number of hydrogen-bond acceptors (Lipinski definition) is 6. The molecule has 1 saturated heterocycles. The summed E-state index contributed by atoms with van der Waals surface area (Å²) in [7, 11) is 3.65. The highest BCUT2D eigenvalue weighted by Crippen LogP contribution is 2.37. The van der Waals surface area contributed by atoms with Gasteiger partial charge < -0.3 is 14.5 Å². The van der Waals surface area contributed by atoms with Crippen LogP contribution in [-0.4, -0.2) is 60.2 Å². The number of aromatic nitrogens is 3. The van der Waals surface area contributed by atoms with Gasteiger partial charge in [0.1, 0.15) is 28.7 Å². The van der Waals surface area contributed by atoms with E-state index < -0.39 is 11.6 Å². The molecule has 3 heterocycles. The highest BCUT2D eigenvalue weighted by atomic mass is 19.1. The van der Waals surface area contributed by atoms with Gasteiger partial charge in [0.05, 0.1) is 7.11 Å². The van der Waals surface area contributed by atoms with Crippen LogP contribution in [0, 0.1) is 11.6 Å². The average molecular weight is 447 g/mol. The zero-order valence-corrected chi connectivity index (χ0v) is 18.4. The number of anilines is 1. The first-order chi connectivity index (χ1) is 16.0. The first kappa shape index (κ1) is 21.2. The van der Waals surface area contributed by atoms with Crippen LogP contribution in [0.3, 0.4) is 0 Å². The molecular weight excluding hydrogens is 424 g/mol. The van der Waals surface area contributed by atoms with E-state index in [1.54, 1.807) is 25.6 Å². The van der Waals surface area contributed by atoms with Crippen LogP contribution in [0.5, 0.6) is 5.75 Å². The number of nitrogens with zero attached hydrogens (tertiary/aromatic N) is 5. The molecule has 0 spiro atoms. The van der Waals surface area contributed by atoms with Crippen molar-refractivity contribution in [2.45, 2.75) is 0 Å². The molecule has 168 valence electrons. The Morgan fingerprint density at radius 2 is 1.61 bits per heavy atom. The maximum Gasteiger partial charge on any atom is 0.163 e. The van der Waals surface area contributed by atoms with Crippen LogP contribution in [0.25, 0.3) is 33.4 Å². The van der Waals surface area contributed by atoms with Gasteiger partial charge in [-0.15, -0.1) is 0 Å². The quantitative estimate of drug-likeness (QED) is 0.462. The molecule has 0 bridgehead atoms. The van der Waals surface area contributed by atoms with Crippen molar-refractivity contribution in [1.29, 1.82) is 0 Å². The largest absolute Gasteiger partial charge is 0.494 e. The van der Waals surface area contributed by atoms with Gasteiger partial charge in [-0.25, -0.2) is 18.7 Å². The Bertz CT molecular complexity index is 1290. The predicted molar refractivity (Wildman–Crippen MR) is 124 cm³/mol. The molecule has 1 aliphatic rings. The normalized spacial score (nSPS) is 14.6. The van der Waals surface area contributed by atoms with Gasteiger partial charge in [0.15, 0.2) is 5.82 Å². The van der Waals surface area contributed by atoms with E-state index in [9.17, 15) is 8.78 Å². The van der Waals surface area contributed by atoms with E-state index in [-0.39, 0.29) is 0 Å². The van der Waals surface area contributed by atoms with Crippen LogP contribution < -0.4 is 9.64 Å². The molecule has 5 rings (SSSR count). The molecule has 33 heavy (non-hydrogen) atoms. The van der Waals surface area contributed by atoms with E-state index in [4.69, 9.17) is 14.7 Å². The fraction of sp³-hybridized carbons (Fsp3) is 0.240. The molecule has 0 aliphatic carbocycles. The minimum absolute atomic E-state index is 0.424. The summed E-state index contributed by atoms with van der Waals surface area (Å²) in [4.78, 5) is 18.4. The monoisotopic (exact) mass is 447 g/mol. The number of fused-ring (bicyclic) bond motifs is 1. The van der Waals surface area contributed by atoms with E-state index in [0.29, 0.717) is 28.2 Å². The maximum absolute atomic E-state index is 13.9. The highest BCUT2D eigenvalue weighted by molar-refractivity contribution is 5.98. The van der Waals surface area contributed by atoms with Gasteiger partial charge in [-0.1, -0.05) is 0 Å². The maximum atomic E-state index is 13.9. The third kappa shape index (κ3) is 4.21. The second kappa shape index (κ2) is 8.71. The molecule has 2 aromatic carbocycles. The first-order valence-corrected chi connectivity index (χ1v) is 10.7. The standard InChI is InChI=1S/C25H23F2N5O/c1-31-6-8-32(9-7-31)25-21-12-18(17-10-19(26)14-20(27)11-17)13-22(33-2)23(21)29-24(30-25)16-4-3-5-28-15-16/h3-5,10-15H,6-9H2,1-2H3. The summed E-state index contributed by atoms with van der Waals surface area (Å²) >= 11 is 0. The van der Waals surface area contributed by atoms with Gasteiger partial charge in [0, 0.05) is 55.6 Å². The van der Waals surface area contributed by atoms with Gasteiger partial charge >= 0.3 is 0 Å². The van der Waals surface area contributed by atoms with Crippen molar-refractivity contribution in [2.24, 2.45) is 0 Å². The summed E-state index contributed by atoms with van der Waals surface area (Å²) in [6.45, 7) is 3.41. The van der Waals surface area contributed by atoms with E-state index >= 15 is 0 Å². The number of methoxy groups -OCH3 is 1. The molecule has 1 fully saturated rings. The summed E-state index contributed by atoms with van der Waals surface area (Å²) in [5.41, 5.74) is 2.49. The summed E-state index contributed by atoms with van der Waals surface area (Å²) in [6.07, 6.45) is 3.43. The SMILES string of the molecule is COc1cc(-c2cc(F)cc(F)c2)cc2c(N3CCN(C)CC3)nc(-c3cccnc3)nc12. The van der Waals surface area contributed by atoms with Gasteiger partial charge in [0.2, 0.25) is 0 Å². The van der Waals surface area contributed by atoms with E-state index in [0.717, 1.165) is 49.0 Å². The van der Waals surface area contributed by atoms with Gasteiger partial charge in [-0.2, -0.15) is 0 Å². The zero-order chi connectivity index (χ0) is 22.9. The summed E-state index contributed by atoms with van der Waals surface area (Å²) in [6, 6.07) is 10.9. The minimum Gasteiger partial charge on any atom is -0.494 e. The topological polar surface area (TPSA) is 54.4 Å². The number of rotatable bonds is 4. The summed E-state index contributed by atoms with van der Waals surface area (Å²) in [5, 5.41) is 0.770. The van der Waals surface area contributed by atoms with Crippen molar-refractivity contribution in [3.63, 3.8) is 0 Å². The van der Waals surface area contributed by atoms with E-state index in [1.165, 1.54) is 12.1 Å². The fourth-order valence-corrected chi connectivity index (χ4v) is 4.11. The first-order valence-electron chi connectivity index (χ1n) is 10.7. The lowest BCUT2D eigenvalue weighted by atomic mass is 10.0. The second-order valence-electron chi connectivity index (χ2n) is 8.14. The highest BCUT2D eigenvalue weighted by Gasteiger charge is 2.22. The number of pyridine rings is 1. The van der Waals surface area contributed by atoms with Crippen molar-refractivity contribution in [1.82, 2.24) is 19.9 Å². The Morgan fingerprint density at radius 3 is 2.27 bits per heavy atom. The summed E-state index contributed by atoms with van der Waals surface area (Å²) < 4.78 is 33.6. The Kier molecular flexibility index (Phi) is 5.60. The Morgan fingerprint density at radius 1 is 0.879 bits per heavy atom. The zero-order valence-electron chi connectivity index (χ0n) is 18.4. The van der Waals surface area contributed by atoms with Crippen LogP contribution >= 0.6 is 0 Å². The Labute approximate surface area is 190 Å². The van der Waals surface area contributed by atoms with Crippen molar-refractivity contribution in [3.8, 4) is 28.3 Å². The second-order valence-corrected chi connectivity index (χ2v) is 8.14. The van der Waals surface area contributed by atoms with Gasteiger partial charge in [-0.05, 0) is 54.6 Å². The fourth-order valence-electron chi connectivity index (χ4n) is 4.11. The lowest BCUT2D eigenvalue weighted by Gasteiger charge is -2.34. The Hall–Kier alpha value is -3.65. The molecule has 6 nitrogen and oxygen atoms in total. The van der Waals surface area contributed by atoms with Gasteiger partial charge in [0.25, 0.3) is 0 Å². The Balaban J connectivity index is 1.75. The van der Waals surface area contributed by atoms with Gasteiger partial charge in [-0.3, -0.25) is 4.98 Å². The molecule has 4 aromatic rings. The smallest absolute Gasteiger partial charge is 0.163 e. The van der Waals surface area contributed by atoms with Crippen molar-refractivity contribution in [3.05, 3.63) is 66.5 Å². The number of hydrogen-bond donors (Lipinski definition) is 0. The number of piperazine rings is 1. The minimum atomic E-state index is -0.633. The molecule has 8 heteroatoms. The number of likely N-dealkylation sites (N-methyl/N-ethyl adjacent to an activating group) is 1. The van der Waals surface area contributed by atoms with Crippen LogP contribution in [0.1, 0.15) is 0 Å². The number of benzene rings is 2. The molecule has 0 atom stereocenters. The lowest BCUT2D eigenvalue weighted by molar-refractivity contribution is 0.312. The number of halogens is 2. The van der Waals surface area contributed by atoms with Crippen molar-refractivity contribution < 1.29 is 13.5 Å². The van der Waals surface area contributed by atoms with E-state index in [1.807, 2.05) is 18.2 Å². The molecule has 0 saturated carbocycles. The molecular formula is C25H23F2N5O. The van der Waals surface area contributed by atoms with Crippen LogP contribution in [0.4, 0.5) is 14.6 Å². The number of ether oxygens (including phenoxy) is 1. The van der Waals surface area contributed by atoms with Crippen molar-refractivity contribution in [2.75, 3.05) is 45.2 Å². The van der Waals surface area contributed by atoms with Crippen molar-refractivity contribution >= 4 is 16.7 Å². The molecule has 0 radical (unpaired) electrons. The van der Waals surface area contributed by atoms with Crippen LogP contribution in [-0.2, 0) is 0 Å². The predicted octanol–water partition coefficient (Wildman–Crippen LogP) is 4.40. The molecule has 0 N–H and O–H groups in total. The van der Waals surface area contributed by atoms with Crippen LogP contribution in [0.2, 0.25) is 0 Å². The average Bonchev–Trinajstić information content (AvgIpc) is 2.83. The summed E-state index contributed by atoms with van der Waals surface area (Å²) in [5.74, 6) is 0.560.